The number of ether oxygens (including phenoxy) is 1. The third-order valence-electron chi connectivity index (χ3n) is 4.18. The van der Waals surface area contributed by atoms with Gasteiger partial charge < -0.3 is 15.2 Å². The lowest BCUT2D eigenvalue weighted by molar-refractivity contribution is -0.124. The van der Waals surface area contributed by atoms with Gasteiger partial charge in [0.25, 0.3) is 0 Å². The molecule has 132 valence electrons. The number of benzene rings is 1. The van der Waals surface area contributed by atoms with Crippen molar-refractivity contribution < 1.29 is 19.4 Å². The third-order valence-corrected chi connectivity index (χ3v) is 4.18. The van der Waals surface area contributed by atoms with Crippen LogP contribution in [0.25, 0.3) is 0 Å². The van der Waals surface area contributed by atoms with Crippen molar-refractivity contribution in [1.82, 2.24) is 5.32 Å². The van der Waals surface area contributed by atoms with Gasteiger partial charge in [-0.15, -0.1) is 0 Å². The van der Waals surface area contributed by atoms with Crippen molar-refractivity contribution >= 4 is 11.9 Å². The Morgan fingerprint density at radius 3 is 2.54 bits per heavy atom. The first-order chi connectivity index (χ1) is 11.3. The molecule has 1 fully saturated rings. The summed E-state index contributed by atoms with van der Waals surface area (Å²) in [5.41, 5.74) is 0.373. The molecule has 1 aliphatic carbocycles. The summed E-state index contributed by atoms with van der Waals surface area (Å²) in [4.78, 5) is 24.1. The number of carbonyl (C=O) groups excluding carboxylic acids is 2. The predicted molar refractivity (Wildman–Crippen MR) is 91.7 cm³/mol. The van der Waals surface area contributed by atoms with E-state index in [-0.39, 0.29) is 5.78 Å². The maximum atomic E-state index is 12.1. The van der Waals surface area contributed by atoms with Gasteiger partial charge in [0.1, 0.15) is 11.4 Å². The van der Waals surface area contributed by atoms with E-state index in [0.29, 0.717) is 19.3 Å². The topological polar surface area (TPSA) is 75.6 Å². The van der Waals surface area contributed by atoms with Gasteiger partial charge in [-0.2, -0.15) is 0 Å². The van der Waals surface area contributed by atoms with Gasteiger partial charge in [-0.05, 0) is 45.6 Å². The van der Waals surface area contributed by atoms with Gasteiger partial charge in [-0.3, -0.25) is 4.79 Å². The van der Waals surface area contributed by atoms with E-state index in [1.54, 1.807) is 20.8 Å². The van der Waals surface area contributed by atoms with Crippen molar-refractivity contribution in [3.05, 3.63) is 35.9 Å². The summed E-state index contributed by atoms with van der Waals surface area (Å²) < 4.78 is 5.30. The highest BCUT2D eigenvalue weighted by molar-refractivity contribution is 5.83. The molecule has 1 aromatic carbocycles. The predicted octanol–water partition coefficient (Wildman–Crippen LogP) is 2.85. The van der Waals surface area contributed by atoms with Crippen LogP contribution in [0.15, 0.2) is 30.3 Å². The first kappa shape index (κ1) is 18.5. The largest absolute Gasteiger partial charge is 0.444 e. The summed E-state index contributed by atoms with van der Waals surface area (Å²) in [6.45, 7) is 5.36. The van der Waals surface area contributed by atoms with E-state index in [0.717, 1.165) is 12.0 Å². The number of ketones is 1. The number of rotatable bonds is 5. The molecule has 0 radical (unpaired) electrons. The Kier molecular flexibility index (Phi) is 5.99. The number of hydrogen-bond acceptors (Lipinski definition) is 4. The van der Waals surface area contributed by atoms with Crippen LogP contribution in [0.4, 0.5) is 4.79 Å². The normalized spacial score (nSPS) is 20.5. The van der Waals surface area contributed by atoms with Gasteiger partial charge in [0.05, 0.1) is 12.1 Å². The highest BCUT2D eigenvalue weighted by Gasteiger charge is 2.36. The van der Waals surface area contributed by atoms with Crippen LogP contribution >= 0.6 is 0 Å². The maximum absolute atomic E-state index is 12.1. The fourth-order valence-electron chi connectivity index (χ4n) is 3.07. The molecule has 0 saturated heterocycles. The lowest BCUT2D eigenvalue weighted by atomic mass is 9.90. The average molecular weight is 333 g/mol. The Balaban J connectivity index is 2.11. The quantitative estimate of drug-likeness (QED) is 0.869. The highest BCUT2D eigenvalue weighted by atomic mass is 16.6. The van der Waals surface area contributed by atoms with E-state index in [9.17, 15) is 14.7 Å². The Labute approximate surface area is 143 Å². The Hall–Kier alpha value is -1.88. The van der Waals surface area contributed by atoms with Gasteiger partial charge in [0.2, 0.25) is 0 Å². The highest BCUT2D eigenvalue weighted by Crippen LogP contribution is 2.27. The van der Waals surface area contributed by atoms with Gasteiger partial charge in [-0.25, -0.2) is 4.79 Å². The van der Waals surface area contributed by atoms with E-state index >= 15 is 0 Å². The molecular formula is C19H27NO4. The molecule has 3 atom stereocenters. The molecule has 2 rings (SSSR count). The molecule has 1 saturated carbocycles. The molecule has 5 heteroatoms. The molecule has 0 aromatic heterocycles. The summed E-state index contributed by atoms with van der Waals surface area (Å²) in [7, 11) is 0. The van der Waals surface area contributed by atoms with E-state index in [4.69, 9.17) is 4.74 Å². The minimum Gasteiger partial charge on any atom is -0.444 e. The van der Waals surface area contributed by atoms with Gasteiger partial charge in [0, 0.05) is 12.3 Å². The smallest absolute Gasteiger partial charge is 0.407 e. The number of hydrogen-bond donors (Lipinski definition) is 2. The minimum atomic E-state index is -0.910. The van der Waals surface area contributed by atoms with Gasteiger partial charge >= 0.3 is 6.09 Å². The zero-order valence-electron chi connectivity index (χ0n) is 14.6. The van der Waals surface area contributed by atoms with Crippen LogP contribution in [-0.2, 0) is 16.0 Å². The number of aliphatic hydroxyl groups excluding tert-OH is 1. The Bertz CT molecular complexity index is 564. The third kappa shape index (κ3) is 5.34. The maximum Gasteiger partial charge on any atom is 0.407 e. The van der Waals surface area contributed by atoms with Crippen LogP contribution in [0.5, 0.6) is 0 Å². The molecule has 0 spiro atoms. The summed E-state index contributed by atoms with van der Waals surface area (Å²) >= 11 is 0. The molecule has 24 heavy (non-hydrogen) atoms. The second-order valence-electron chi connectivity index (χ2n) is 7.40. The van der Waals surface area contributed by atoms with Gasteiger partial charge in [0.15, 0.2) is 0 Å². The van der Waals surface area contributed by atoms with E-state index < -0.39 is 29.8 Å². The fraction of sp³-hybridized carbons (Fsp3) is 0.579. The Morgan fingerprint density at radius 1 is 1.33 bits per heavy atom. The lowest BCUT2D eigenvalue weighted by Crippen LogP contribution is -2.50. The van der Waals surface area contributed by atoms with Gasteiger partial charge in [-0.1, -0.05) is 30.3 Å². The van der Waals surface area contributed by atoms with Crippen LogP contribution in [0.3, 0.4) is 0 Å². The SMILES string of the molecule is CC(C)(C)OC(=O)N[C@@H](Cc1ccccc1)[C@H](O)[C@H]1CCCC1=O. The van der Waals surface area contributed by atoms with Crippen LogP contribution in [0.2, 0.25) is 0 Å². The number of carbonyl (C=O) groups is 2. The Morgan fingerprint density at radius 2 is 2.00 bits per heavy atom. The average Bonchev–Trinajstić information content (AvgIpc) is 2.91. The van der Waals surface area contributed by atoms with Crippen LogP contribution in [0, 0.1) is 5.92 Å². The number of alkyl carbamates (subject to hydrolysis) is 1. The summed E-state index contributed by atoms with van der Waals surface area (Å²) in [6.07, 6.45) is 0.935. The zero-order valence-corrected chi connectivity index (χ0v) is 14.6. The zero-order chi connectivity index (χ0) is 17.7. The summed E-state index contributed by atoms with van der Waals surface area (Å²) in [6, 6.07) is 9.05. The van der Waals surface area contributed by atoms with Crippen molar-refractivity contribution in [2.45, 2.75) is 64.2 Å². The number of nitrogens with one attached hydrogen (secondary N) is 1. The molecule has 0 bridgehead atoms. The van der Waals surface area contributed by atoms with Crippen molar-refractivity contribution in [3.8, 4) is 0 Å². The lowest BCUT2D eigenvalue weighted by Gasteiger charge is -2.29. The van der Waals surface area contributed by atoms with E-state index in [1.807, 2.05) is 30.3 Å². The van der Waals surface area contributed by atoms with Crippen molar-refractivity contribution in [3.63, 3.8) is 0 Å². The first-order valence-corrected chi connectivity index (χ1v) is 8.50. The second-order valence-corrected chi connectivity index (χ2v) is 7.40. The molecular weight excluding hydrogens is 306 g/mol. The monoisotopic (exact) mass is 333 g/mol. The summed E-state index contributed by atoms with van der Waals surface area (Å²) in [5, 5.41) is 13.5. The molecule has 0 heterocycles. The molecule has 2 N–H and O–H groups in total. The second kappa shape index (κ2) is 7.79. The number of aliphatic hydroxyl groups is 1. The van der Waals surface area contributed by atoms with Crippen molar-refractivity contribution in [2.24, 2.45) is 5.92 Å². The number of amides is 1. The molecule has 5 nitrogen and oxygen atoms in total. The fourth-order valence-corrected chi connectivity index (χ4v) is 3.07. The van der Waals surface area contributed by atoms with E-state index in [2.05, 4.69) is 5.32 Å². The molecule has 1 aromatic rings. The summed E-state index contributed by atoms with van der Waals surface area (Å²) in [5.74, 6) is -0.333. The molecule has 0 unspecified atom stereocenters. The number of Topliss-reactive ketones (excluding diaryl/α,β-unsaturated/α-hetero) is 1. The minimum absolute atomic E-state index is 0.0755. The van der Waals surface area contributed by atoms with Crippen LogP contribution in [0.1, 0.15) is 45.6 Å². The first-order valence-electron chi connectivity index (χ1n) is 8.50. The standard InChI is InChI=1S/C19H27NO4/c1-19(2,3)24-18(23)20-15(12-13-8-5-4-6-9-13)17(22)14-10-7-11-16(14)21/h4-6,8-9,14-15,17,22H,7,10-12H2,1-3H3,(H,20,23)/t14-,15-,17+/m0/s1. The van der Waals surface area contributed by atoms with Crippen LogP contribution < -0.4 is 5.32 Å². The van der Waals surface area contributed by atoms with E-state index in [1.165, 1.54) is 0 Å². The molecule has 1 aliphatic rings. The molecule has 1 amide bonds. The van der Waals surface area contributed by atoms with Crippen molar-refractivity contribution in [1.29, 1.82) is 0 Å². The molecule has 0 aliphatic heterocycles. The van der Waals surface area contributed by atoms with Crippen molar-refractivity contribution in [2.75, 3.05) is 0 Å². The van der Waals surface area contributed by atoms with Crippen LogP contribution in [-0.4, -0.2) is 34.7 Å².